The first-order valence-electron chi connectivity index (χ1n) is 7.83. The Morgan fingerprint density at radius 3 is 2.90 bits per heavy atom. The average molecular weight is 307 g/mol. The van der Waals surface area contributed by atoms with Crippen LogP contribution >= 0.6 is 11.6 Å². The lowest BCUT2D eigenvalue weighted by molar-refractivity contribution is 0.413. The third-order valence-electron chi connectivity index (χ3n) is 4.68. The second kappa shape index (κ2) is 6.27. The molecule has 0 aliphatic heterocycles. The van der Waals surface area contributed by atoms with E-state index in [4.69, 9.17) is 21.3 Å². The summed E-state index contributed by atoms with van der Waals surface area (Å²) in [5, 5.41) is 0. The first kappa shape index (κ1) is 14.7. The van der Waals surface area contributed by atoms with Crippen molar-refractivity contribution in [3.05, 3.63) is 24.0 Å². The first-order chi connectivity index (χ1) is 10.2. The number of hydrogen-bond acceptors (Lipinski definition) is 2. The average Bonchev–Trinajstić information content (AvgIpc) is 2.74. The van der Waals surface area contributed by atoms with Crippen LogP contribution in [0.2, 0.25) is 0 Å². The van der Waals surface area contributed by atoms with E-state index in [2.05, 4.69) is 17.6 Å². The lowest BCUT2D eigenvalue weighted by Gasteiger charge is -2.20. The summed E-state index contributed by atoms with van der Waals surface area (Å²) >= 11 is 6.15. The number of methoxy groups -OCH3 is 1. The molecular weight excluding hydrogens is 284 g/mol. The van der Waals surface area contributed by atoms with Crippen LogP contribution in [0.3, 0.4) is 0 Å². The van der Waals surface area contributed by atoms with Crippen molar-refractivity contribution in [2.24, 2.45) is 5.92 Å². The predicted molar refractivity (Wildman–Crippen MR) is 87.1 cm³/mol. The van der Waals surface area contributed by atoms with Crippen molar-refractivity contribution < 1.29 is 4.74 Å². The van der Waals surface area contributed by atoms with E-state index in [1.54, 1.807) is 7.11 Å². The predicted octanol–water partition coefficient (Wildman–Crippen LogP) is 4.93. The quantitative estimate of drug-likeness (QED) is 0.594. The SMILES string of the molecule is COc1ccc2nc(CCl)n(C3CCCC(C)CC3)c2c1. The van der Waals surface area contributed by atoms with Crippen molar-refractivity contribution >= 4 is 22.6 Å². The molecule has 1 aliphatic rings. The highest BCUT2D eigenvalue weighted by Gasteiger charge is 2.22. The van der Waals surface area contributed by atoms with Gasteiger partial charge in [-0.3, -0.25) is 0 Å². The maximum atomic E-state index is 6.15. The lowest BCUT2D eigenvalue weighted by atomic mass is 10.0. The number of fused-ring (bicyclic) bond motifs is 1. The van der Waals surface area contributed by atoms with Gasteiger partial charge in [-0.05, 0) is 37.3 Å². The third-order valence-corrected chi connectivity index (χ3v) is 4.92. The Kier molecular flexibility index (Phi) is 4.39. The second-order valence-corrected chi connectivity index (χ2v) is 6.42. The molecule has 1 heterocycles. The summed E-state index contributed by atoms with van der Waals surface area (Å²) < 4.78 is 7.74. The highest BCUT2D eigenvalue weighted by atomic mass is 35.5. The number of halogens is 1. The van der Waals surface area contributed by atoms with Crippen LogP contribution < -0.4 is 4.74 Å². The molecule has 2 atom stereocenters. The second-order valence-electron chi connectivity index (χ2n) is 6.15. The fourth-order valence-corrected chi connectivity index (χ4v) is 3.67. The highest BCUT2D eigenvalue weighted by molar-refractivity contribution is 6.16. The maximum absolute atomic E-state index is 6.15. The normalized spacial score (nSPS) is 23.2. The van der Waals surface area contributed by atoms with Gasteiger partial charge in [0, 0.05) is 12.1 Å². The number of alkyl halides is 1. The molecule has 2 aromatic rings. The molecule has 21 heavy (non-hydrogen) atoms. The summed E-state index contributed by atoms with van der Waals surface area (Å²) in [6, 6.07) is 6.60. The summed E-state index contributed by atoms with van der Waals surface area (Å²) in [6.07, 6.45) is 6.35. The van der Waals surface area contributed by atoms with Gasteiger partial charge in [0.15, 0.2) is 0 Å². The zero-order valence-electron chi connectivity index (χ0n) is 12.8. The Hall–Kier alpha value is -1.22. The minimum atomic E-state index is 0.461. The smallest absolute Gasteiger partial charge is 0.125 e. The largest absolute Gasteiger partial charge is 0.497 e. The van der Waals surface area contributed by atoms with Crippen LogP contribution in [0.1, 0.15) is 50.9 Å². The molecule has 0 N–H and O–H groups in total. The van der Waals surface area contributed by atoms with Gasteiger partial charge >= 0.3 is 0 Å². The molecule has 1 aliphatic carbocycles. The number of nitrogens with zero attached hydrogens (tertiary/aromatic N) is 2. The van der Waals surface area contributed by atoms with E-state index in [1.807, 2.05) is 12.1 Å². The standard InChI is InChI=1S/C17H23ClN2O/c1-12-4-3-5-13(7-6-12)20-16-10-14(21-2)8-9-15(16)19-17(20)11-18/h8-10,12-13H,3-7,11H2,1-2H3. The molecule has 1 saturated carbocycles. The van der Waals surface area contributed by atoms with Crippen molar-refractivity contribution in [1.82, 2.24) is 9.55 Å². The zero-order chi connectivity index (χ0) is 14.8. The molecular formula is C17H23ClN2O. The molecule has 0 spiro atoms. The summed E-state index contributed by atoms with van der Waals surface area (Å²) in [5.74, 6) is 3.16. The van der Waals surface area contributed by atoms with Crippen molar-refractivity contribution in [2.75, 3.05) is 7.11 Å². The molecule has 4 heteroatoms. The van der Waals surface area contributed by atoms with Crippen LogP contribution in [0.4, 0.5) is 0 Å². The topological polar surface area (TPSA) is 27.1 Å². The monoisotopic (exact) mass is 306 g/mol. The Balaban J connectivity index is 2.05. The van der Waals surface area contributed by atoms with E-state index in [1.165, 1.54) is 32.1 Å². The minimum Gasteiger partial charge on any atom is -0.497 e. The summed E-state index contributed by atoms with van der Waals surface area (Å²) in [4.78, 5) is 4.71. The van der Waals surface area contributed by atoms with Gasteiger partial charge in [0.1, 0.15) is 11.6 Å². The molecule has 2 unspecified atom stereocenters. The maximum Gasteiger partial charge on any atom is 0.125 e. The number of hydrogen-bond donors (Lipinski definition) is 0. The summed E-state index contributed by atoms with van der Waals surface area (Å²) in [6.45, 7) is 2.36. The van der Waals surface area contributed by atoms with E-state index < -0.39 is 0 Å². The summed E-state index contributed by atoms with van der Waals surface area (Å²) in [5.41, 5.74) is 2.17. The van der Waals surface area contributed by atoms with Crippen molar-refractivity contribution in [1.29, 1.82) is 0 Å². The van der Waals surface area contributed by atoms with Crippen molar-refractivity contribution in [2.45, 2.75) is 50.9 Å². The number of aromatic nitrogens is 2. The molecule has 1 aromatic carbocycles. The fourth-order valence-electron chi connectivity index (χ4n) is 3.48. The lowest BCUT2D eigenvalue weighted by Crippen LogP contribution is -2.11. The Bertz CT molecular complexity index is 623. The van der Waals surface area contributed by atoms with Crippen molar-refractivity contribution in [3.8, 4) is 5.75 Å². The van der Waals surface area contributed by atoms with Gasteiger partial charge in [0.2, 0.25) is 0 Å². The van der Waals surface area contributed by atoms with Crippen LogP contribution in [0.5, 0.6) is 5.75 Å². The van der Waals surface area contributed by atoms with Crippen LogP contribution in [0.25, 0.3) is 11.0 Å². The Morgan fingerprint density at radius 1 is 1.29 bits per heavy atom. The van der Waals surface area contributed by atoms with Gasteiger partial charge in [-0.25, -0.2) is 4.98 Å². The molecule has 0 amide bonds. The molecule has 1 aromatic heterocycles. The van der Waals surface area contributed by atoms with E-state index in [9.17, 15) is 0 Å². The minimum absolute atomic E-state index is 0.461. The Morgan fingerprint density at radius 2 is 2.14 bits per heavy atom. The van der Waals surface area contributed by atoms with E-state index in [0.29, 0.717) is 11.9 Å². The fraction of sp³-hybridized carbons (Fsp3) is 0.588. The van der Waals surface area contributed by atoms with Gasteiger partial charge in [-0.2, -0.15) is 0 Å². The highest BCUT2D eigenvalue weighted by Crippen LogP contribution is 2.35. The van der Waals surface area contributed by atoms with Crippen LogP contribution in [-0.2, 0) is 5.88 Å². The van der Waals surface area contributed by atoms with Crippen LogP contribution in [-0.4, -0.2) is 16.7 Å². The van der Waals surface area contributed by atoms with Gasteiger partial charge in [-0.1, -0.05) is 19.8 Å². The summed E-state index contributed by atoms with van der Waals surface area (Å²) in [7, 11) is 1.71. The number of ether oxygens (including phenoxy) is 1. The van der Waals surface area contributed by atoms with Gasteiger partial charge in [0.05, 0.1) is 24.0 Å². The molecule has 3 nitrogen and oxygen atoms in total. The molecule has 114 valence electrons. The van der Waals surface area contributed by atoms with Gasteiger partial charge < -0.3 is 9.30 Å². The van der Waals surface area contributed by atoms with E-state index in [0.717, 1.165) is 28.5 Å². The third kappa shape index (κ3) is 2.89. The van der Waals surface area contributed by atoms with Gasteiger partial charge in [-0.15, -0.1) is 11.6 Å². The zero-order valence-corrected chi connectivity index (χ0v) is 13.6. The van der Waals surface area contributed by atoms with Crippen LogP contribution in [0.15, 0.2) is 18.2 Å². The Labute approximate surface area is 131 Å². The van der Waals surface area contributed by atoms with Crippen LogP contribution in [0, 0.1) is 5.92 Å². The molecule has 3 rings (SSSR count). The number of benzene rings is 1. The van der Waals surface area contributed by atoms with E-state index in [-0.39, 0.29) is 0 Å². The molecule has 0 radical (unpaired) electrons. The van der Waals surface area contributed by atoms with Crippen molar-refractivity contribution in [3.63, 3.8) is 0 Å². The van der Waals surface area contributed by atoms with E-state index >= 15 is 0 Å². The number of imidazole rings is 1. The molecule has 1 fully saturated rings. The first-order valence-corrected chi connectivity index (χ1v) is 8.37. The molecule has 0 bridgehead atoms. The number of rotatable bonds is 3. The van der Waals surface area contributed by atoms with Gasteiger partial charge in [0.25, 0.3) is 0 Å². The molecule has 0 saturated heterocycles.